The molecule has 0 unspecified atom stereocenters. The maximum atomic E-state index is 10.9. The standard InChI is InChI=1S/C12H26N2O2S/c1-14(12-6-3-4-7-12)10-9-13-8-5-11-17(2,15)16/h12-13H,3-11H2,1-2H3. The molecule has 1 fully saturated rings. The van der Waals surface area contributed by atoms with Gasteiger partial charge in [-0.2, -0.15) is 0 Å². The zero-order valence-corrected chi connectivity index (χ0v) is 11.9. The van der Waals surface area contributed by atoms with Crippen LogP contribution in [0.15, 0.2) is 0 Å². The van der Waals surface area contributed by atoms with Crippen molar-refractivity contribution >= 4 is 9.84 Å². The number of hydrogen-bond donors (Lipinski definition) is 1. The summed E-state index contributed by atoms with van der Waals surface area (Å²) in [5, 5.41) is 3.31. The van der Waals surface area contributed by atoms with Crippen molar-refractivity contribution in [1.82, 2.24) is 10.2 Å². The zero-order valence-electron chi connectivity index (χ0n) is 11.1. The lowest BCUT2D eigenvalue weighted by Gasteiger charge is -2.23. The highest BCUT2D eigenvalue weighted by Gasteiger charge is 2.18. The number of likely N-dealkylation sites (N-methyl/N-ethyl adjacent to an activating group) is 1. The van der Waals surface area contributed by atoms with E-state index in [0.29, 0.717) is 12.2 Å². The molecule has 0 bridgehead atoms. The van der Waals surface area contributed by atoms with E-state index in [-0.39, 0.29) is 0 Å². The van der Waals surface area contributed by atoms with E-state index in [9.17, 15) is 8.42 Å². The Bertz CT molecular complexity index is 298. The molecule has 102 valence electrons. The Balaban J connectivity index is 1.96. The zero-order chi connectivity index (χ0) is 12.7. The first-order chi connectivity index (χ1) is 7.99. The van der Waals surface area contributed by atoms with E-state index in [1.54, 1.807) is 0 Å². The molecule has 1 aliphatic rings. The molecule has 1 rings (SSSR count). The van der Waals surface area contributed by atoms with E-state index in [0.717, 1.165) is 25.7 Å². The van der Waals surface area contributed by atoms with Gasteiger partial charge in [0.1, 0.15) is 9.84 Å². The van der Waals surface area contributed by atoms with Gasteiger partial charge >= 0.3 is 0 Å². The van der Waals surface area contributed by atoms with Crippen molar-refractivity contribution in [2.24, 2.45) is 0 Å². The van der Waals surface area contributed by atoms with Crippen LogP contribution in [0.25, 0.3) is 0 Å². The molecule has 0 saturated heterocycles. The van der Waals surface area contributed by atoms with Crippen LogP contribution in [0.1, 0.15) is 32.1 Å². The molecule has 1 aliphatic carbocycles. The third-order valence-electron chi connectivity index (χ3n) is 3.46. The molecule has 0 aromatic rings. The molecule has 0 aliphatic heterocycles. The normalized spacial score (nSPS) is 18.1. The minimum atomic E-state index is -2.79. The minimum absolute atomic E-state index is 0.290. The van der Waals surface area contributed by atoms with Crippen LogP contribution in [0.4, 0.5) is 0 Å². The maximum absolute atomic E-state index is 10.9. The average molecular weight is 262 g/mol. The Kier molecular flexibility index (Phi) is 6.44. The van der Waals surface area contributed by atoms with Gasteiger partial charge < -0.3 is 10.2 Å². The van der Waals surface area contributed by atoms with Crippen LogP contribution >= 0.6 is 0 Å². The number of hydrogen-bond acceptors (Lipinski definition) is 4. The van der Waals surface area contributed by atoms with Crippen molar-refractivity contribution in [3.63, 3.8) is 0 Å². The molecule has 0 aromatic carbocycles. The largest absolute Gasteiger partial charge is 0.315 e. The Morgan fingerprint density at radius 1 is 1.24 bits per heavy atom. The molecule has 0 amide bonds. The molecule has 4 nitrogen and oxygen atoms in total. The Morgan fingerprint density at radius 3 is 2.47 bits per heavy atom. The molecule has 0 atom stereocenters. The number of sulfone groups is 1. The smallest absolute Gasteiger partial charge is 0.147 e. The van der Waals surface area contributed by atoms with E-state index in [1.165, 1.54) is 31.9 Å². The molecule has 0 aromatic heterocycles. The summed E-state index contributed by atoms with van der Waals surface area (Å²) < 4.78 is 21.8. The molecule has 0 radical (unpaired) electrons. The molecule has 5 heteroatoms. The van der Waals surface area contributed by atoms with Crippen molar-refractivity contribution in [3.05, 3.63) is 0 Å². The Morgan fingerprint density at radius 2 is 1.88 bits per heavy atom. The van der Waals surface area contributed by atoms with Gasteiger partial charge in [-0.25, -0.2) is 8.42 Å². The average Bonchev–Trinajstić information content (AvgIpc) is 2.74. The fourth-order valence-electron chi connectivity index (χ4n) is 2.37. The van der Waals surface area contributed by atoms with Crippen LogP contribution in [0.2, 0.25) is 0 Å². The van der Waals surface area contributed by atoms with Gasteiger partial charge in [0.2, 0.25) is 0 Å². The first-order valence-corrected chi connectivity index (χ1v) is 8.64. The van der Waals surface area contributed by atoms with Crippen molar-refractivity contribution < 1.29 is 8.42 Å². The second-order valence-electron chi connectivity index (χ2n) is 5.15. The maximum Gasteiger partial charge on any atom is 0.147 e. The van der Waals surface area contributed by atoms with E-state index < -0.39 is 9.84 Å². The molecule has 1 N–H and O–H groups in total. The lowest BCUT2D eigenvalue weighted by molar-refractivity contribution is 0.246. The third kappa shape index (κ3) is 7.01. The second-order valence-corrected chi connectivity index (χ2v) is 7.41. The SMILES string of the molecule is CN(CCNCCCS(C)(=O)=O)C1CCCC1. The summed E-state index contributed by atoms with van der Waals surface area (Å²) in [5.74, 6) is 0.290. The van der Waals surface area contributed by atoms with Crippen LogP contribution < -0.4 is 5.32 Å². The summed E-state index contributed by atoms with van der Waals surface area (Å²) in [6, 6.07) is 0.771. The molecular weight excluding hydrogens is 236 g/mol. The minimum Gasteiger partial charge on any atom is -0.315 e. The summed E-state index contributed by atoms with van der Waals surface area (Å²) in [7, 11) is -0.602. The number of nitrogens with one attached hydrogen (secondary N) is 1. The fraction of sp³-hybridized carbons (Fsp3) is 1.00. The monoisotopic (exact) mass is 262 g/mol. The van der Waals surface area contributed by atoms with Gasteiger partial charge in [0.05, 0.1) is 5.75 Å². The first kappa shape index (κ1) is 14.9. The molecule has 0 heterocycles. The third-order valence-corrected chi connectivity index (χ3v) is 4.49. The van der Waals surface area contributed by atoms with Crippen molar-refractivity contribution in [2.75, 3.05) is 38.7 Å². The highest BCUT2D eigenvalue weighted by Crippen LogP contribution is 2.21. The Hall–Kier alpha value is -0.130. The lowest BCUT2D eigenvalue weighted by atomic mass is 10.2. The van der Waals surface area contributed by atoms with Crippen LogP contribution in [0, 0.1) is 0 Å². The predicted octanol–water partition coefficient (Wildman–Crippen LogP) is 0.885. The summed E-state index contributed by atoms with van der Waals surface area (Å²) in [4.78, 5) is 2.43. The van der Waals surface area contributed by atoms with Gasteiger partial charge in [0.25, 0.3) is 0 Å². The first-order valence-electron chi connectivity index (χ1n) is 6.58. The van der Waals surface area contributed by atoms with E-state index in [4.69, 9.17) is 0 Å². The van der Waals surface area contributed by atoms with E-state index in [1.807, 2.05) is 0 Å². The predicted molar refractivity (Wildman–Crippen MR) is 72.1 cm³/mol. The molecular formula is C12H26N2O2S. The second kappa shape index (κ2) is 7.34. The van der Waals surface area contributed by atoms with Crippen LogP contribution in [-0.4, -0.2) is 58.1 Å². The van der Waals surface area contributed by atoms with Gasteiger partial charge in [0, 0.05) is 25.4 Å². The van der Waals surface area contributed by atoms with Crippen LogP contribution in [0.3, 0.4) is 0 Å². The van der Waals surface area contributed by atoms with Gasteiger partial charge in [-0.1, -0.05) is 12.8 Å². The van der Waals surface area contributed by atoms with Crippen LogP contribution in [0.5, 0.6) is 0 Å². The van der Waals surface area contributed by atoms with Gasteiger partial charge in [-0.3, -0.25) is 0 Å². The fourth-order valence-corrected chi connectivity index (χ4v) is 3.04. The topological polar surface area (TPSA) is 49.4 Å². The highest BCUT2D eigenvalue weighted by molar-refractivity contribution is 7.90. The van der Waals surface area contributed by atoms with E-state index >= 15 is 0 Å². The van der Waals surface area contributed by atoms with Crippen molar-refractivity contribution in [2.45, 2.75) is 38.1 Å². The summed E-state index contributed by atoms with van der Waals surface area (Å²) in [6.45, 7) is 2.81. The number of rotatable bonds is 8. The summed E-state index contributed by atoms with van der Waals surface area (Å²) in [5.41, 5.74) is 0. The van der Waals surface area contributed by atoms with Gasteiger partial charge in [-0.15, -0.1) is 0 Å². The summed E-state index contributed by atoms with van der Waals surface area (Å²) in [6.07, 6.45) is 7.43. The van der Waals surface area contributed by atoms with Gasteiger partial charge in [0.15, 0.2) is 0 Å². The van der Waals surface area contributed by atoms with Crippen molar-refractivity contribution in [3.8, 4) is 0 Å². The van der Waals surface area contributed by atoms with Crippen LogP contribution in [-0.2, 0) is 9.84 Å². The van der Waals surface area contributed by atoms with Crippen molar-refractivity contribution in [1.29, 1.82) is 0 Å². The molecule has 1 saturated carbocycles. The number of nitrogens with zero attached hydrogens (tertiary/aromatic N) is 1. The van der Waals surface area contributed by atoms with E-state index in [2.05, 4.69) is 17.3 Å². The summed E-state index contributed by atoms with van der Waals surface area (Å²) >= 11 is 0. The quantitative estimate of drug-likeness (QED) is 0.660. The molecule has 0 spiro atoms. The Labute approximate surface area is 106 Å². The lowest BCUT2D eigenvalue weighted by Crippen LogP contribution is -2.35. The highest BCUT2D eigenvalue weighted by atomic mass is 32.2. The van der Waals surface area contributed by atoms with Gasteiger partial charge in [-0.05, 0) is 32.9 Å². The molecule has 17 heavy (non-hydrogen) atoms.